The molecular weight excluding hydrogens is 328 g/mol. The third kappa shape index (κ3) is 3.04. The lowest BCUT2D eigenvalue weighted by atomic mass is 10.1. The smallest absolute Gasteiger partial charge is 0.258 e. The largest absolute Gasteiger partial charge is 0.322 e. The number of aryl methyl sites for hydroxylation is 2. The number of nitrogens with one attached hydrogen (secondary N) is 1. The summed E-state index contributed by atoms with van der Waals surface area (Å²) in [5.74, 6) is -2.09. The van der Waals surface area contributed by atoms with Crippen molar-refractivity contribution in [1.29, 1.82) is 0 Å². The number of anilines is 1. The maximum Gasteiger partial charge on any atom is 0.258 e. The van der Waals surface area contributed by atoms with Crippen LogP contribution in [-0.2, 0) is 0 Å². The Bertz CT molecular complexity index is 663. The quantitative estimate of drug-likeness (QED) is 0.851. The SMILES string of the molecule is Cc1cc(NC(=O)c2cc(F)ccc2F)cc(C)c1Br. The third-order valence-electron chi connectivity index (χ3n) is 2.87. The first-order valence-electron chi connectivity index (χ1n) is 5.91. The van der Waals surface area contributed by atoms with Crippen LogP contribution in [0.25, 0.3) is 0 Å². The Morgan fingerprint density at radius 1 is 1.10 bits per heavy atom. The van der Waals surface area contributed by atoms with Crippen LogP contribution in [0.5, 0.6) is 0 Å². The Balaban J connectivity index is 2.30. The number of carbonyl (C=O) groups excluding carboxylic acids is 1. The van der Waals surface area contributed by atoms with Gasteiger partial charge in [0.05, 0.1) is 5.56 Å². The van der Waals surface area contributed by atoms with E-state index in [-0.39, 0.29) is 5.56 Å². The van der Waals surface area contributed by atoms with Crippen LogP contribution < -0.4 is 5.32 Å². The first-order valence-corrected chi connectivity index (χ1v) is 6.71. The molecule has 0 aliphatic carbocycles. The van der Waals surface area contributed by atoms with Crippen molar-refractivity contribution in [3.8, 4) is 0 Å². The van der Waals surface area contributed by atoms with Crippen molar-refractivity contribution in [2.24, 2.45) is 0 Å². The van der Waals surface area contributed by atoms with Gasteiger partial charge in [0.2, 0.25) is 0 Å². The Kier molecular flexibility index (Phi) is 4.18. The summed E-state index contributed by atoms with van der Waals surface area (Å²) in [6, 6.07) is 6.30. The van der Waals surface area contributed by atoms with E-state index in [0.29, 0.717) is 5.69 Å². The Hall–Kier alpha value is -1.75. The maximum absolute atomic E-state index is 13.5. The van der Waals surface area contributed by atoms with Gasteiger partial charge in [0.1, 0.15) is 11.6 Å². The first-order chi connectivity index (χ1) is 9.38. The van der Waals surface area contributed by atoms with Gasteiger partial charge in [-0.3, -0.25) is 4.79 Å². The monoisotopic (exact) mass is 339 g/mol. The molecule has 0 saturated carbocycles. The number of amides is 1. The second-order valence-electron chi connectivity index (χ2n) is 4.50. The summed E-state index contributed by atoms with van der Waals surface area (Å²) < 4.78 is 27.5. The van der Waals surface area contributed by atoms with Gasteiger partial charge in [-0.25, -0.2) is 8.78 Å². The van der Waals surface area contributed by atoms with E-state index in [1.807, 2.05) is 13.8 Å². The van der Waals surface area contributed by atoms with Crippen LogP contribution in [0.1, 0.15) is 21.5 Å². The van der Waals surface area contributed by atoms with Gasteiger partial charge in [0.25, 0.3) is 5.91 Å². The zero-order valence-corrected chi connectivity index (χ0v) is 12.5. The fourth-order valence-electron chi connectivity index (χ4n) is 1.89. The van der Waals surface area contributed by atoms with Gasteiger partial charge in [0, 0.05) is 10.2 Å². The van der Waals surface area contributed by atoms with Crippen LogP contribution in [0.2, 0.25) is 0 Å². The molecule has 0 aliphatic heterocycles. The van der Waals surface area contributed by atoms with E-state index in [0.717, 1.165) is 33.8 Å². The topological polar surface area (TPSA) is 29.1 Å². The van der Waals surface area contributed by atoms with E-state index in [9.17, 15) is 13.6 Å². The predicted molar refractivity (Wildman–Crippen MR) is 77.9 cm³/mol. The molecule has 0 bridgehead atoms. The van der Waals surface area contributed by atoms with Crippen molar-refractivity contribution >= 4 is 27.5 Å². The van der Waals surface area contributed by atoms with Crippen LogP contribution in [0.3, 0.4) is 0 Å². The minimum Gasteiger partial charge on any atom is -0.322 e. The molecule has 1 N–H and O–H groups in total. The van der Waals surface area contributed by atoms with Gasteiger partial charge in [-0.2, -0.15) is 0 Å². The van der Waals surface area contributed by atoms with E-state index in [1.165, 1.54) is 0 Å². The molecule has 0 radical (unpaired) electrons. The highest BCUT2D eigenvalue weighted by atomic mass is 79.9. The number of halogens is 3. The maximum atomic E-state index is 13.5. The molecule has 0 aromatic heterocycles. The first kappa shape index (κ1) is 14.7. The van der Waals surface area contributed by atoms with Crippen molar-refractivity contribution in [2.45, 2.75) is 13.8 Å². The van der Waals surface area contributed by atoms with Crippen molar-refractivity contribution < 1.29 is 13.6 Å². The van der Waals surface area contributed by atoms with Crippen molar-refractivity contribution in [3.63, 3.8) is 0 Å². The summed E-state index contributed by atoms with van der Waals surface area (Å²) in [6.45, 7) is 3.77. The van der Waals surface area contributed by atoms with Crippen molar-refractivity contribution in [1.82, 2.24) is 0 Å². The molecule has 5 heteroatoms. The Labute approximate surface area is 123 Å². The molecule has 0 aliphatic rings. The van der Waals surface area contributed by atoms with Gasteiger partial charge in [-0.15, -0.1) is 0 Å². The Morgan fingerprint density at radius 3 is 2.30 bits per heavy atom. The number of carbonyl (C=O) groups is 1. The average molecular weight is 340 g/mol. The van der Waals surface area contributed by atoms with Gasteiger partial charge >= 0.3 is 0 Å². The van der Waals surface area contributed by atoms with E-state index in [2.05, 4.69) is 21.2 Å². The summed E-state index contributed by atoms with van der Waals surface area (Å²) in [4.78, 5) is 12.0. The molecule has 2 aromatic carbocycles. The molecule has 0 heterocycles. The fourth-order valence-corrected chi connectivity index (χ4v) is 2.12. The minimum absolute atomic E-state index is 0.316. The molecule has 0 spiro atoms. The average Bonchev–Trinajstić information content (AvgIpc) is 2.38. The highest BCUT2D eigenvalue weighted by Crippen LogP contribution is 2.25. The van der Waals surface area contributed by atoms with Crippen molar-refractivity contribution in [3.05, 3.63) is 63.1 Å². The summed E-state index contributed by atoms with van der Waals surface area (Å²) in [5.41, 5.74) is 2.11. The summed E-state index contributed by atoms with van der Waals surface area (Å²) in [6.07, 6.45) is 0. The summed E-state index contributed by atoms with van der Waals surface area (Å²) in [7, 11) is 0. The predicted octanol–water partition coefficient (Wildman–Crippen LogP) is 4.60. The van der Waals surface area contributed by atoms with Crippen LogP contribution in [-0.4, -0.2) is 5.91 Å². The van der Waals surface area contributed by atoms with Crippen LogP contribution in [0.4, 0.5) is 14.5 Å². The van der Waals surface area contributed by atoms with Gasteiger partial charge in [-0.1, -0.05) is 15.9 Å². The number of hydrogen-bond acceptors (Lipinski definition) is 1. The lowest BCUT2D eigenvalue weighted by Crippen LogP contribution is -2.14. The normalized spacial score (nSPS) is 10.4. The van der Waals surface area contributed by atoms with Gasteiger partial charge in [-0.05, 0) is 55.3 Å². The van der Waals surface area contributed by atoms with Crippen molar-refractivity contribution in [2.75, 3.05) is 5.32 Å². The summed E-state index contributed by atoms with van der Waals surface area (Å²) in [5, 5.41) is 2.57. The van der Waals surface area contributed by atoms with Crippen LogP contribution in [0.15, 0.2) is 34.8 Å². The second kappa shape index (κ2) is 5.71. The summed E-state index contributed by atoms with van der Waals surface area (Å²) >= 11 is 3.42. The molecule has 2 nitrogen and oxygen atoms in total. The Morgan fingerprint density at radius 2 is 1.70 bits per heavy atom. The van der Waals surface area contributed by atoms with E-state index < -0.39 is 17.5 Å². The standard InChI is InChI=1S/C15H12BrF2NO/c1-8-5-11(6-9(2)14(8)16)19-15(20)12-7-10(17)3-4-13(12)18/h3-7H,1-2H3,(H,19,20). The van der Waals surface area contributed by atoms with Gasteiger partial charge in [0.15, 0.2) is 0 Å². The molecule has 2 aromatic rings. The highest BCUT2D eigenvalue weighted by molar-refractivity contribution is 9.10. The third-order valence-corrected chi connectivity index (χ3v) is 4.12. The van der Waals surface area contributed by atoms with E-state index in [1.54, 1.807) is 12.1 Å². The number of hydrogen-bond donors (Lipinski definition) is 1. The lowest BCUT2D eigenvalue weighted by Gasteiger charge is -2.10. The second-order valence-corrected chi connectivity index (χ2v) is 5.30. The van der Waals surface area contributed by atoms with Gasteiger partial charge < -0.3 is 5.32 Å². The van der Waals surface area contributed by atoms with Crippen LogP contribution >= 0.6 is 15.9 Å². The molecule has 2 rings (SSSR count). The zero-order chi connectivity index (χ0) is 14.9. The molecule has 0 saturated heterocycles. The fraction of sp³-hybridized carbons (Fsp3) is 0.133. The molecule has 0 atom stereocenters. The number of rotatable bonds is 2. The van der Waals surface area contributed by atoms with E-state index in [4.69, 9.17) is 0 Å². The van der Waals surface area contributed by atoms with Crippen LogP contribution in [0, 0.1) is 25.5 Å². The molecule has 20 heavy (non-hydrogen) atoms. The number of benzene rings is 2. The molecule has 0 unspecified atom stereocenters. The molecular formula is C15H12BrF2NO. The highest BCUT2D eigenvalue weighted by Gasteiger charge is 2.13. The molecule has 1 amide bonds. The molecule has 0 fully saturated rings. The molecule has 104 valence electrons. The lowest BCUT2D eigenvalue weighted by molar-refractivity contribution is 0.102. The van der Waals surface area contributed by atoms with E-state index >= 15 is 0 Å². The zero-order valence-electron chi connectivity index (χ0n) is 10.9. The minimum atomic E-state index is -0.755.